The number of ketones is 1. The van der Waals surface area contributed by atoms with E-state index in [0.717, 1.165) is 0 Å². The molecule has 2 rings (SSSR count). The molecular weight excluding hydrogens is 424 g/mol. The van der Waals surface area contributed by atoms with Gasteiger partial charge in [0.05, 0.1) is 13.0 Å². The Morgan fingerprint density at radius 1 is 1.41 bits per heavy atom. The third-order valence-electron chi connectivity index (χ3n) is 4.83. The number of aliphatic hydroxyl groups is 1. The van der Waals surface area contributed by atoms with E-state index in [-0.39, 0.29) is 12.8 Å². The molecule has 8 heteroatoms. The molecule has 0 aliphatic heterocycles. The first-order chi connectivity index (χ1) is 10.2. The van der Waals surface area contributed by atoms with Gasteiger partial charge < -0.3 is 19.3 Å². The van der Waals surface area contributed by atoms with Crippen LogP contribution in [0.15, 0.2) is 12.7 Å². The molecule has 0 spiro atoms. The molecule has 2 aliphatic rings. The number of ether oxygens (including phenoxy) is 3. The fraction of sp³-hybridized carbons (Fsp3) is 0.714. The van der Waals surface area contributed by atoms with Crippen LogP contribution in [0.4, 0.5) is 0 Å². The minimum Gasteiger partial charge on any atom is -0.469 e. The van der Waals surface area contributed by atoms with Crippen molar-refractivity contribution in [1.82, 2.24) is 0 Å². The van der Waals surface area contributed by atoms with E-state index in [1.165, 1.54) is 27.4 Å². The summed E-state index contributed by atoms with van der Waals surface area (Å²) in [6.45, 7) is 3.59. The number of rotatable bonds is 5. The first kappa shape index (κ1) is 18.1. The van der Waals surface area contributed by atoms with E-state index in [4.69, 9.17) is 14.2 Å². The normalized spacial score (nSPS) is 42.5. The molecule has 0 unspecified atom stereocenters. The molecule has 0 amide bonds. The second-order valence-electron chi connectivity index (χ2n) is 5.50. The van der Waals surface area contributed by atoms with Crippen LogP contribution in [0.25, 0.3) is 0 Å². The minimum absolute atomic E-state index is 0.00715. The van der Waals surface area contributed by atoms with Gasteiger partial charge in [0, 0.05) is 20.6 Å². The third-order valence-corrected chi connectivity index (χ3v) is 7.76. The molecule has 22 heavy (non-hydrogen) atoms. The summed E-state index contributed by atoms with van der Waals surface area (Å²) in [6.07, 6.45) is 1.54. The Hall–Kier alpha value is -0.280. The van der Waals surface area contributed by atoms with Gasteiger partial charge in [-0.1, -0.05) is 37.9 Å². The van der Waals surface area contributed by atoms with Gasteiger partial charge in [-0.15, -0.1) is 6.58 Å². The molecule has 6 nitrogen and oxygen atoms in total. The highest BCUT2D eigenvalue weighted by Gasteiger charge is 2.90. The molecule has 0 aromatic heterocycles. The maximum atomic E-state index is 13.0. The predicted molar refractivity (Wildman–Crippen MR) is 85.0 cm³/mol. The lowest BCUT2D eigenvalue weighted by molar-refractivity contribution is -0.226. The highest BCUT2D eigenvalue weighted by atomic mass is 79.9. The van der Waals surface area contributed by atoms with Gasteiger partial charge >= 0.3 is 5.97 Å². The summed E-state index contributed by atoms with van der Waals surface area (Å²) >= 11 is 6.82. The molecule has 0 saturated heterocycles. The Balaban J connectivity index is 2.74. The average Bonchev–Trinajstić information content (AvgIpc) is 2.77. The lowest BCUT2D eigenvalue weighted by Gasteiger charge is -2.42. The highest BCUT2D eigenvalue weighted by Crippen LogP contribution is 2.71. The smallest absolute Gasteiger partial charge is 0.310 e. The number of hydrogen-bond acceptors (Lipinski definition) is 6. The Kier molecular flexibility index (Phi) is 4.41. The maximum Gasteiger partial charge on any atom is 0.310 e. The summed E-state index contributed by atoms with van der Waals surface area (Å²) in [4.78, 5) is 25.2. The van der Waals surface area contributed by atoms with Crippen LogP contribution in [-0.4, -0.2) is 58.2 Å². The summed E-state index contributed by atoms with van der Waals surface area (Å²) in [7, 11) is 3.97. The number of esters is 1. The first-order valence-electron chi connectivity index (χ1n) is 6.61. The standard InChI is InChI=1S/C14H18Br2O6/c1-5-6-11(19)10(18)13(16)8(9(17)20-2)7-12(11,15)14(13,21-3)22-4/h5,8,19H,1,6-7H2,2-4H3/t8-,11+,12-,13+/m0/s1. The Morgan fingerprint density at radius 3 is 2.36 bits per heavy atom. The summed E-state index contributed by atoms with van der Waals surface area (Å²) in [5.41, 5.74) is -1.82. The highest BCUT2D eigenvalue weighted by molar-refractivity contribution is 9.11. The van der Waals surface area contributed by atoms with Crippen LogP contribution in [0, 0.1) is 5.92 Å². The third kappa shape index (κ3) is 1.60. The molecule has 4 atom stereocenters. The second kappa shape index (κ2) is 5.37. The van der Waals surface area contributed by atoms with E-state index in [0.29, 0.717) is 0 Å². The molecule has 0 aromatic carbocycles. The predicted octanol–water partition coefficient (Wildman–Crippen LogP) is 1.33. The SMILES string of the molecule is C=CC[C@@]1(O)C(=O)[C@]2(Br)[C@H](C(=O)OC)C[C@@]1(Br)C2(OC)OC. The zero-order chi connectivity index (χ0) is 17.0. The van der Waals surface area contributed by atoms with E-state index in [1.807, 2.05) is 0 Å². The average molecular weight is 442 g/mol. The number of carbonyl (C=O) groups excluding carboxylic acids is 2. The van der Waals surface area contributed by atoms with Gasteiger partial charge in [0.15, 0.2) is 10.1 Å². The summed E-state index contributed by atoms with van der Waals surface area (Å²) in [6, 6.07) is 0. The summed E-state index contributed by atoms with van der Waals surface area (Å²) in [5.74, 6) is -3.62. The van der Waals surface area contributed by atoms with Crippen LogP contribution in [0.2, 0.25) is 0 Å². The Labute approximate surface area is 145 Å². The van der Waals surface area contributed by atoms with Gasteiger partial charge in [-0.05, 0) is 6.42 Å². The van der Waals surface area contributed by atoms with Crippen LogP contribution in [0.5, 0.6) is 0 Å². The monoisotopic (exact) mass is 440 g/mol. The molecule has 0 aromatic rings. The van der Waals surface area contributed by atoms with Crippen LogP contribution in [0.3, 0.4) is 0 Å². The fourth-order valence-corrected chi connectivity index (χ4v) is 6.77. The number of fused-ring (bicyclic) bond motifs is 2. The lowest BCUT2D eigenvalue weighted by atomic mass is 9.76. The first-order valence-corrected chi connectivity index (χ1v) is 8.19. The van der Waals surface area contributed by atoms with Crippen LogP contribution in [-0.2, 0) is 23.8 Å². The molecule has 2 bridgehead atoms. The molecule has 2 saturated carbocycles. The lowest BCUT2D eigenvalue weighted by Crippen LogP contribution is -2.59. The van der Waals surface area contributed by atoms with Gasteiger partial charge in [0.2, 0.25) is 5.79 Å². The number of Topliss-reactive ketones (excluding diaryl/α,β-unsaturated/α-hetero) is 1. The van der Waals surface area contributed by atoms with Gasteiger partial charge in [-0.2, -0.15) is 0 Å². The van der Waals surface area contributed by atoms with Crippen molar-refractivity contribution in [1.29, 1.82) is 0 Å². The number of hydrogen-bond donors (Lipinski definition) is 1. The second-order valence-corrected chi connectivity index (χ2v) is 8.10. The molecule has 0 heterocycles. The minimum atomic E-state index is -1.82. The number of halogens is 2. The van der Waals surface area contributed by atoms with Crippen molar-refractivity contribution in [3.8, 4) is 0 Å². The van der Waals surface area contributed by atoms with Crippen LogP contribution < -0.4 is 0 Å². The van der Waals surface area contributed by atoms with E-state index in [1.54, 1.807) is 0 Å². The van der Waals surface area contributed by atoms with Crippen molar-refractivity contribution in [2.24, 2.45) is 5.92 Å². The Bertz CT molecular complexity index is 533. The van der Waals surface area contributed by atoms with Crippen molar-refractivity contribution < 1.29 is 28.9 Å². The molecule has 1 N–H and O–H groups in total. The van der Waals surface area contributed by atoms with Gasteiger partial charge in [0.25, 0.3) is 0 Å². The van der Waals surface area contributed by atoms with Crippen molar-refractivity contribution in [3.63, 3.8) is 0 Å². The van der Waals surface area contributed by atoms with Crippen LogP contribution >= 0.6 is 31.9 Å². The van der Waals surface area contributed by atoms with Crippen molar-refractivity contribution in [2.75, 3.05) is 21.3 Å². The molecule has 0 radical (unpaired) electrons. The van der Waals surface area contributed by atoms with E-state index in [9.17, 15) is 14.7 Å². The van der Waals surface area contributed by atoms with Crippen molar-refractivity contribution in [3.05, 3.63) is 12.7 Å². The largest absolute Gasteiger partial charge is 0.469 e. The maximum absolute atomic E-state index is 13.0. The summed E-state index contributed by atoms with van der Waals surface area (Å²) in [5, 5.41) is 11.0. The molecular formula is C14H18Br2O6. The Morgan fingerprint density at radius 2 is 1.95 bits per heavy atom. The molecule has 2 aliphatic carbocycles. The van der Waals surface area contributed by atoms with Crippen molar-refractivity contribution >= 4 is 43.6 Å². The van der Waals surface area contributed by atoms with E-state index >= 15 is 0 Å². The van der Waals surface area contributed by atoms with E-state index in [2.05, 4.69) is 38.4 Å². The number of alkyl halides is 2. The molecule has 2 fully saturated rings. The van der Waals surface area contributed by atoms with Crippen LogP contribution in [0.1, 0.15) is 12.8 Å². The number of carbonyl (C=O) groups is 2. The molecule has 124 valence electrons. The van der Waals surface area contributed by atoms with Gasteiger partial charge in [-0.25, -0.2) is 0 Å². The van der Waals surface area contributed by atoms with E-state index < -0.39 is 37.7 Å². The fourth-order valence-electron chi connectivity index (χ4n) is 3.86. The number of methoxy groups -OCH3 is 3. The van der Waals surface area contributed by atoms with Gasteiger partial charge in [0.1, 0.15) is 9.93 Å². The van der Waals surface area contributed by atoms with Gasteiger partial charge in [-0.3, -0.25) is 9.59 Å². The quantitative estimate of drug-likeness (QED) is 0.300. The van der Waals surface area contributed by atoms with Crippen molar-refractivity contribution in [2.45, 2.75) is 32.9 Å². The zero-order valence-electron chi connectivity index (χ0n) is 12.5. The topological polar surface area (TPSA) is 82.1 Å². The summed E-state index contributed by atoms with van der Waals surface area (Å²) < 4.78 is 13.0. The zero-order valence-corrected chi connectivity index (χ0v) is 15.7.